The number of rotatable bonds is 7. The summed E-state index contributed by atoms with van der Waals surface area (Å²) < 4.78 is 28.5. The number of esters is 1. The second-order valence-electron chi connectivity index (χ2n) is 6.87. The van der Waals surface area contributed by atoms with Gasteiger partial charge in [-0.2, -0.15) is 0 Å². The topological polar surface area (TPSA) is 187 Å². The zero-order chi connectivity index (χ0) is 20.0. The van der Waals surface area contributed by atoms with Gasteiger partial charge < -0.3 is 26.2 Å². The fraction of sp³-hybridized carbons (Fsp3) is 0.714. The Labute approximate surface area is 149 Å². The molecule has 0 aromatic rings. The van der Waals surface area contributed by atoms with Crippen molar-refractivity contribution in [1.29, 1.82) is 0 Å². The van der Waals surface area contributed by atoms with Gasteiger partial charge in [0.2, 0.25) is 11.8 Å². The number of carbonyl (C=O) groups excluding carboxylic acids is 3. The number of hydrogen-bond donors (Lipinski definition) is 3. The first-order chi connectivity index (χ1) is 11.8. The van der Waals surface area contributed by atoms with Gasteiger partial charge in [-0.1, -0.05) is 0 Å². The van der Waals surface area contributed by atoms with Crippen LogP contribution in [-0.4, -0.2) is 71.0 Å². The molecule has 0 bridgehead atoms. The standard InChI is InChI=1S/C14H21N3O8S/c1-14(2)9(12(20)21)17-10(19)6(11(17)26(14,23)24)5-25-13(22)7(15)3-4-8(16)18/h6-7,9,11H,3-5,15H2,1-2H3,(H2,16,18)(H,20,21)/t6-,7-,9-,11+/m0/s1. The summed E-state index contributed by atoms with van der Waals surface area (Å²) in [4.78, 5) is 47.0. The van der Waals surface area contributed by atoms with Gasteiger partial charge in [-0.25, -0.2) is 13.2 Å². The van der Waals surface area contributed by atoms with Crippen LogP contribution in [0.25, 0.3) is 0 Å². The van der Waals surface area contributed by atoms with E-state index in [-0.39, 0.29) is 12.8 Å². The van der Waals surface area contributed by atoms with Crippen molar-refractivity contribution >= 4 is 33.6 Å². The second kappa shape index (κ2) is 6.50. The molecule has 0 unspecified atom stereocenters. The highest BCUT2D eigenvalue weighted by atomic mass is 32.2. The number of primary amides is 1. The molecule has 4 atom stereocenters. The third-order valence-electron chi connectivity index (χ3n) is 4.82. The second-order valence-corrected chi connectivity index (χ2v) is 9.50. The Morgan fingerprint density at radius 3 is 2.42 bits per heavy atom. The molecule has 2 heterocycles. The fourth-order valence-corrected chi connectivity index (χ4v) is 5.56. The smallest absolute Gasteiger partial charge is 0.328 e. The maximum atomic E-state index is 12.6. The van der Waals surface area contributed by atoms with E-state index in [1.807, 2.05) is 0 Å². The molecule has 2 saturated heterocycles. The Morgan fingerprint density at radius 2 is 1.92 bits per heavy atom. The zero-order valence-corrected chi connectivity index (χ0v) is 15.1. The van der Waals surface area contributed by atoms with Crippen LogP contribution < -0.4 is 11.5 Å². The summed E-state index contributed by atoms with van der Waals surface area (Å²) in [5.74, 6) is -4.86. The van der Waals surface area contributed by atoms with Crippen molar-refractivity contribution in [2.24, 2.45) is 17.4 Å². The number of fused-ring (bicyclic) bond motifs is 1. The van der Waals surface area contributed by atoms with Gasteiger partial charge in [-0.15, -0.1) is 0 Å². The first-order valence-corrected chi connectivity index (χ1v) is 9.37. The SMILES string of the molecule is CC1(C)[C@H](C(=O)O)N2C(=O)[C@H](COC(=O)[C@@H](N)CCC(N)=O)[C@H]2S1(=O)=O. The maximum Gasteiger partial charge on any atom is 0.328 e. The quantitative estimate of drug-likeness (QED) is 0.313. The Morgan fingerprint density at radius 1 is 1.35 bits per heavy atom. The van der Waals surface area contributed by atoms with Gasteiger partial charge in [0, 0.05) is 6.42 Å². The van der Waals surface area contributed by atoms with Gasteiger partial charge in [0.25, 0.3) is 0 Å². The van der Waals surface area contributed by atoms with Crippen molar-refractivity contribution in [3.63, 3.8) is 0 Å². The number of nitrogens with two attached hydrogens (primary N) is 2. The maximum absolute atomic E-state index is 12.6. The van der Waals surface area contributed by atoms with E-state index in [9.17, 15) is 32.7 Å². The lowest BCUT2D eigenvalue weighted by atomic mass is 9.92. The van der Waals surface area contributed by atoms with Gasteiger partial charge in [-0.05, 0) is 20.3 Å². The summed E-state index contributed by atoms with van der Waals surface area (Å²) in [5, 5.41) is 7.94. The van der Waals surface area contributed by atoms with Crippen LogP contribution in [0.5, 0.6) is 0 Å². The largest absolute Gasteiger partial charge is 0.480 e. The molecule has 0 aromatic carbocycles. The highest BCUT2D eigenvalue weighted by Gasteiger charge is 2.72. The predicted molar refractivity (Wildman–Crippen MR) is 85.9 cm³/mol. The van der Waals surface area contributed by atoms with Crippen molar-refractivity contribution in [2.45, 2.75) is 48.9 Å². The molecular formula is C14H21N3O8S. The Balaban J connectivity index is 2.08. The lowest BCUT2D eigenvalue weighted by molar-refractivity contribution is -0.169. The van der Waals surface area contributed by atoms with E-state index in [0.29, 0.717) is 0 Å². The summed E-state index contributed by atoms with van der Waals surface area (Å²) in [6, 6.07) is -2.65. The van der Waals surface area contributed by atoms with Crippen molar-refractivity contribution in [3.8, 4) is 0 Å². The lowest BCUT2D eigenvalue weighted by Crippen LogP contribution is -2.64. The number of hydrogen-bond acceptors (Lipinski definition) is 8. The summed E-state index contributed by atoms with van der Waals surface area (Å²) in [6.07, 6.45) is -0.174. The number of nitrogens with zero attached hydrogens (tertiary/aromatic N) is 1. The lowest BCUT2D eigenvalue weighted by Gasteiger charge is -2.42. The molecule has 2 aliphatic heterocycles. The monoisotopic (exact) mass is 391 g/mol. The molecule has 2 fully saturated rings. The number of ether oxygens (including phenoxy) is 1. The summed E-state index contributed by atoms with van der Waals surface area (Å²) in [6.45, 7) is 1.95. The number of carboxylic acids is 1. The van der Waals surface area contributed by atoms with Gasteiger partial charge in [0.1, 0.15) is 24.6 Å². The van der Waals surface area contributed by atoms with E-state index in [1.165, 1.54) is 13.8 Å². The molecule has 0 saturated carbocycles. The molecule has 11 nitrogen and oxygen atoms in total. The fourth-order valence-electron chi connectivity index (χ4n) is 3.26. The molecule has 2 amide bonds. The van der Waals surface area contributed by atoms with Gasteiger partial charge in [-0.3, -0.25) is 14.4 Å². The molecule has 2 rings (SSSR count). The Bertz CT molecular complexity index is 762. The van der Waals surface area contributed by atoms with Gasteiger partial charge >= 0.3 is 11.9 Å². The predicted octanol–water partition coefficient (Wildman–Crippen LogP) is -2.43. The van der Waals surface area contributed by atoms with Crippen LogP contribution in [-0.2, 0) is 33.8 Å². The minimum absolute atomic E-state index is 0.0469. The number of β-lactam (4-membered cyclic amide) rings is 1. The van der Waals surface area contributed by atoms with Gasteiger partial charge in [0.05, 0.1) is 4.75 Å². The van der Waals surface area contributed by atoms with Crippen LogP contribution in [0.2, 0.25) is 0 Å². The highest BCUT2D eigenvalue weighted by Crippen LogP contribution is 2.48. The molecule has 0 radical (unpaired) electrons. The molecule has 0 aromatic heterocycles. The van der Waals surface area contributed by atoms with E-state index in [2.05, 4.69) is 0 Å². The van der Waals surface area contributed by atoms with Crippen LogP contribution >= 0.6 is 0 Å². The minimum Gasteiger partial charge on any atom is -0.480 e. The molecule has 12 heteroatoms. The van der Waals surface area contributed by atoms with E-state index in [0.717, 1.165) is 4.90 Å². The molecule has 26 heavy (non-hydrogen) atoms. The van der Waals surface area contributed by atoms with Gasteiger partial charge in [0.15, 0.2) is 15.2 Å². The third kappa shape index (κ3) is 2.92. The van der Waals surface area contributed by atoms with Crippen LogP contribution in [0, 0.1) is 5.92 Å². The number of carboxylic acid groups (broad SMARTS) is 1. The van der Waals surface area contributed by atoms with Crippen molar-refractivity contribution in [2.75, 3.05) is 6.61 Å². The average Bonchev–Trinajstić information content (AvgIpc) is 2.66. The van der Waals surface area contributed by atoms with E-state index in [1.54, 1.807) is 0 Å². The number of amides is 2. The summed E-state index contributed by atoms with van der Waals surface area (Å²) >= 11 is 0. The van der Waals surface area contributed by atoms with Crippen LogP contribution in [0.4, 0.5) is 0 Å². The van der Waals surface area contributed by atoms with Crippen molar-refractivity contribution < 1.29 is 37.4 Å². The number of sulfone groups is 1. The summed E-state index contributed by atoms with van der Waals surface area (Å²) in [7, 11) is -3.99. The molecule has 146 valence electrons. The van der Waals surface area contributed by atoms with Crippen LogP contribution in [0.15, 0.2) is 0 Å². The summed E-state index contributed by atoms with van der Waals surface area (Å²) in [5.41, 5.74) is 10.5. The first-order valence-electron chi connectivity index (χ1n) is 7.83. The number of aliphatic carboxylic acids is 1. The molecular weight excluding hydrogens is 370 g/mol. The Hall–Kier alpha value is -2.21. The Kier molecular flexibility index (Phi) is 5.03. The molecule has 0 spiro atoms. The van der Waals surface area contributed by atoms with Crippen molar-refractivity contribution in [3.05, 3.63) is 0 Å². The molecule has 2 aliphatic rings. The van der Waals surface area contributed by atoms with E-state index < -0.39 is 68.3 Å². The van der Waals surface area contributed by atoms with E-state index in [4.69, 9.17) is 16.2 Å². The average molecular weight is 391 g/mol. The molecule has 0 aliphatic carbocycles. The normalized spacial score (nSPS) is 29.4. The van der Waals surface area contributed by atoms with Crippen LogP contribution in [0.3, 0.4) is 0 Å². The van der Waals surface area contributed by atoms with Crippen molar-refractivity contribution in [1.82, 2.24) is 4.90 Å². The number of carbonyl (C=O) groups is 4. The first kappa shape index (κ1) is 20.1. The minimum atomic E-state index is -3.99. The van der Waals surface area contributed by atoms with Crippen LogP contribution in [0.1, 0.15) is 26.7 Å². The molecule has 5 N–H and O–H groups in total. The highest BCUT2D eigenvalue weighted by molar-refractivity contribution is 7.93. The third-order valence-corrected chi connectivity index (χ3v) is 7.70. The zero-order valence-electron chi connectivity index (χ0n) is 14.2. The van der Waals surface area contributed by atoms with E-state index >= 15 is 0 Å².